The lowest BCUT2D eigenvalue weighted by Crippen LogP contribution is -2.26. The van der Waals surface area contributed by atoms with Crippen molar-refractivity contribution in [3.8, 4) is 11.8 Å². The van der Waals surface area contributed by atoms with Crippen molar-refractivity contribution in [1.29, 1.82) is 0 Å². The smallest absolute Gasteiger partial charge is 0.307 e. The minimum atomic E-state index is -0.892. The van der Waals surface area contributed by atoms with Crippen LogP contribution in [-0.4, -0.2) is 23.3 Å². The molecule has 1 fully saturated rings. The number of carboxylic acid groups (broad SMARTS) is 1. The van der Waals surface area contributed by atoms with Crippen molar-refractivity contribution in [2.24, 2.45) is 5.73 Å². The predicted molar refractivity (Wildman–Crippen MR) is 148 cm³/mol. The highest BCUT2D eigenvalue weighted by molar-refractivity contribution is 5.75. The van der Waals surface area contributed by atoms with E-state index in [0.29, 0.717) is 5.57 Å². The Morgan fingerprint density at radius 2 is 1.72 bits per heavy atom. The fourth-order valence-corrected chi connectivity index (χ4v) is 5.06. The number of carbonyl (C=O) groups is 1. The Morgan fingerprint density at radius 3 is 2.19 bits per heavy atom. The molecule has 0 amide bonds. The van der Waals surface area contributed by atoms with E-state index in [2.05, 4.69) is 82.9 Å². The molecule has 1 aliphatic heterocycles. The lowest BCUT2D eigenvalue weighted by Gasteiger charge is -2.34. The van der Waals surface area contributed by atoms with Gasteiger partial charge in [-0.2, -0.15) is 0 Å². The van der Waals surface area contributed by atoms with Crippen LogP contribution >= 0.6 is 0 Å². The molecule has 2 aromatic rings. The van der Waals surface area contributed by atoms with E-state index in [1.165, 1.54) is 22.9 Å². The second-order valence-electron chi connectivity index (χ2n) is 9.87. The van der Waals surface area contributed by atoms with E-state index in [9.17, 15) is 4.79 Å². The lowest BCUT2D eigenvalue weighted by molar-refractivity contribution is -0.136. The van der Waals surface area contributed by atoms with Crippen LogP contribution in [-0.2, 0) is 14.9 Å². The first-order chi connectivity index (χ1) is 17.1. The van der Waals surface area contributed by atoms with Gasteiger partial charge < -0.3 is 15.6 Å². The molecule has 0 spiro atoms. The van der Waals surface area contributed by atoms with Gasteiger partial charge in [0.2, 0.25) is 0 Å². The second kappa shape index (κ2) is 11.2. The Kier molecular flexibility index (Phi) is 8.48. The number of rotatable bonds is 9. The van der Waals surface area contributed by atoms with Crippen molar-refractivity contribution in [3.63, 3.8) is 0 Å². The van der Waals surface area contributed by atoms with Gasteiger partial charge in [0, 0.05) is 11.0 Å². The van der Waals surface area contributed by atoms with Crippen molar-refractivity contribution in [3.05, 3.63) is 87.6 Å². The summed E-state index contributed by atoms with van der Waals surface area (Å²) < 4.78 is 5.55. The first kappa shape index (κ1) is 27.3. The number of hydrogen-bond acceptors (Lipinski definition) is 3. The fourth-order valence-electron chi connectivity index (χ4n) is 5.06. The Labute approximate surface area is 216 Å². The van der Waals surface area contributed by atoms with E-state index in [0.717, 1.165) is 48.1 Å². The summed E-state index contributed by atoms with van der Waals surface area (Å²) in [7, 11) is 0. The van der Waals surface area contributed by atoms with Crippen LogP contribution in [0.1, 0.15) is 86.8 Å². The first-order valence-corrected chi connectivity index (χ1v) is 12.8. The number of ether oxygens (including phenoxy) is 1. The van der Waals surface area contributed by atoms with Gasteiger partial charge in [0.05, 0.1) is 13.0 Å². The third-order valence-corrected chi connectivity index (χ3v) is 7.65. The first-order valence-electron chi connectivity index (χ1n) is 12.8. The van der Waals surface area contributed by atoms with Gasteiger partial charge in [-0.1, -0.05) is 69.0 Å². The monoisotopic (exact) mass is 485 g/mol. The number of benzene rings is 2. The fraction of sp³-hybridized carbons (Fsp3) is 0.406. The maximum absolute atomic E-state index is 11.1. The summed E-state index contributed by atoms with van der Waals surface area (Å²) in [6.07, 6.45) is 6.02. The normalized spacial score (nSPS) is 17.9. The average Bonchev–Trinajstić information content (AvgIpc) is 3.64. The second-order valence-corrected chi connectivity index (χ2v) is 9.87. The Bertz CT molecular complexity index is 1250. The lowest BCUT2D eigenvalue weighted by atomic mass is 9.69. The molecule has 1 atom stereocenters. The minimum Gasteiger partial charge on any atom is -0.481 e. The van der Waals surface area contributed by atoms with E-state index >= 15 is 0 Å². The molecule has 2 aromatic carbocycles. The van der Waals surface area contributed by atoms with Crippen molar-refractivity contribution in [1.82, 2.24) is 0 Å². The number of allylic oxidation sites excluding steroid dienone is 2. The summed E-state index contributed by atoms with van der Waals surface area (Å²) in [6, 6.07) is 13.3. The average molecular weight is 486 g/mol. The van der Waals surface area contributed by atoms with Crippen LogP contribution in [0.3, 0.4) is 0 Å². The van der Waals surface area contributed by atoms with Crippen molar-refractivity contribution in [2.45, 2.75) is 78.2 Å². The highest BCUT2D eigenvalue weighted by Crippen LogP contribution is 2.41. The molecule has 3 rings (SSSR count). The summed E-state index contributed by atoms with van der Waals surface area (Å²) in [6.45, 7) is 13.6. The molecule has 190 valence electrons. The summed E-state index contributed by atoms with van der Waals surface area (Å²) in [5.74, 6) is 5.78. The summed E-state index contributed by atoms with van der Waals surface area (Å²) in [5.41, 5.74) is 14.0. The molecule has 0 radical (unpaired) electrons. The Balaban J connectivity index is 1.97. The van der Waals surface area contributed by atoms with E-state index in [4.69, 9.17) is 15.6 Å². The van der Waals surface area contributed by atoms with Crippen LogP contribution < -0.4 is 5.73 Å². The van der Waals surface area contributed by atoms with Crippen LogP contribution in [0.5, 0.6) is 0 Å². The molecule has 0 saturated carbocycles. The molecule has 0 aliphatic carbocycles. The van der Waals surface area contributed by atoms with Gasteiger partial charge in [0.15, 0.2) is 5.60 Å². The zero-order valence-electron chi connectivity index (χ0n) is 22.5. The molecule has 4 heteroatoms. The number of aryl methyl sites for hydroxylation is 2. The molecular weight excluding hydrogens is 446 g/mol. The van der Waals surface area contributed by atoms with Crippen LogP contribution in [0.4, 0.5) is 0 Å². The number of nitrogens with two attached hydrogens (primary N) is 1. The number of carboxylic acids is 1. The third-order valence-electron chi connectivity index (χ3n) is 7.65. The molecule has 1 saturated heterocycles. The summed E-state index contributed by atoms with van der Waals surface area (Å²) in [5, 5.41) is 9.12. The van der Waals surface area contributed by atoms with Gasteiger partial charge in [-0.05, 0) is 91.3 Å². The van der Waals surface area contributed by atoms with Crippen LogP contribution in [0, 0.1) is 25.7 Å². The quantitative estimate of drug-likeness (QED) is 0.237. The van der Waals surface area contributed by atoms with Crippen LogP contribution in [0.2, 0.25) is 0 Å². The van der Waals surface area contributed by atoms with Gasteiger partial charge in [-0.15, -0.1) is 0 Å². The minimum absolute atomic E-state index is 0.0913. The van der Waals surface area contributed by atoms with E-state index < -0.39 is 5.97 Å². The van der Waals surface area contributed by atoms with Gasteiger partial charge in [0.1, 0.15) is 0 Å². The third kappa shape index (κ3) is 5.74. The maximum atomic E-state index is 11.1. The van der Waals surface area contributed by atoms with E-state index in [1.54, 1.807) is 0 Å². The SMILES string of the molecule is CCC1(C#Cc2ccc(C(CC)(CC)c3ccc(/C(C)=C/C(=C\N)CC(=O)O)c(C)c3)cc2C)CO1. The molecule has 4 nitrogen and oxygen atoms in total. The molecular formula is C32H39NO3. The molecule has 0 aromatic heterocycles. The number of aliphatic carboxylic acids is 1. The van der Waals surface area contributed by atoms with Crippen LogP contribution in [0.25, 0.3) is 5.57 Å². The van der Waals surface area contributed by atoms with Gasteiger partial charge in [-0.3, -0.25) is 4.79 Å². The Hall–Kier alpha value is -3.29. The van der Waals surface area contributed by atoms with Crippen LogP contribution in [0.15, 0.2) is 54.2 Å². The largest absolute Gasteiger partial charge is 0.481 e. The van der Waals surface area contributed by atoms with Crippen molar-refractivity contribution >= 4 is 11.5 Å². The van der Waals surface area contributed by atoms with Gasteiger partial charge in [0.25, 0.3) is 0 Å². The molecule has 36 heavy (non-hydrogen) atoms. The van der Waals surface area contributed by atoms with E-state index in [1.807, 2.05) is 13.0 Å². The molecule has 3 N–H and O–H groups in total. The number of epoxide rings is 1. The highest BCUT2D eigenvalue weighted by Gasteiger charge is 2.41. The molecule has 1 heterocycles. The number of hydrogen-bond donors (Lipinski definition) is 2. The standard InChI is InChI=1S/C32H39NO3/c1-7-31(21-36-31)15-14-26-10-11-27(17-22(26)4)32(8-2,9-3)28-12-13-29(24(6)18-28)23(5)16-25(20-33)19-30(34)35/h10-13,16-18,20H,7-9,19,21,33H2,1-6H3,(H,34,35)/b23-16+,25-20+. The van der Waals surface area contributed by atoms with E-state index in [-0.39, 0.29) is 17.4 Å². The predicted octanol–water partition coefficient (Wildman–Crippen LogP) is 6.66. The highest BCUT2D eigenvalue weighted by atomic mass is 16.6. The topological polar surface area (TPSA) is 75.9 Å². The zero-order chi connectivity index (χ0) is 26.5. The molecule has 1 aliphatic rings. The summed E-state index contributed by atoms with van der Waals surface area (Å²) in [4.78, 5) is 11.1. The zero-order valence-corrected chi connectivity index (χ0v) is 22.5. The van der Waals surface area contributed by atoms with Gasteiger partial charge in [-0.25, -0.2) is 0 Å². The maximum Gasteiger partial charge on any atom is 0.307 e. The molecule has 1 unspecified atom stereocenters. The Morgan fingerprint density at radius 1 is 1.11 bits per heavy atom. The van der Waals surface area contributed by atoms with Crippen molar-refractivity contribution in [2.75, 3.05) is 6.61 Å². The molecule has 0 bridgehead atoms. The van der Waals surface area contributed by atoms with Crippen molar-refractivity contribution < 1.29 is 14.6 Å². The van der Waals surface area contributed by atoms with Gasteiger partial charge >= 0.3 is 5.97 Å². The summed E-state index contributed by atoms with van der Waals surface area (Å²) >= 11 is 0.